The molecule has 6 nitrogen and oxygen atoms in total. The Balaban J connectivity index is 1.48. The maximum atomic E-state index is 6.10. The van der Waals surface area contributed by atoms with Crippen LogP contribution in [0.25, 0.3) is 22.4 Å². The van der Waals surface area contributed by atoms with E-state index in [9.17, 15) is 0 Å². The van der Waals surface area contributed by atoms with Gasteiger partial charge in [0.2, 0.25) is 5.88 Å². The fourth-order valence-corrected chi connectivity index (χ4v) is 3.13. The van der Waals surface area contributed by atoms with E-state index in [2.05, 4.69) is 10.2 Å². The average Bonchev–Trinajstić information content (AvgIpc) is 3.28. The number of pyridine rings is 1. The van der Waals surface area contributed by atoms with E-state index in [0.717, 1.165) is 22.2 Å². The molecule has 0 radical (unpaired) electrons. The van der Waals surface area contributed by atoms with Crippen molar-refractivity contribution >= 4 is 10.9 Å². The third-order valence-corrected chi connectivity index (χ3v) is 4.73. The van der Waals surface area contributed by atoms with Crippen LogP contribution in [0.3, 0.4) is 0 Å². The van der Waals surface area contributed by atoms with E-state index in [0.29, 0.717) is 29.0 Å². The second kappa shape index (κ2) is 8.28. The first-order valence-electron chi connectivity index (χ1n) is 9.89. The number of fused-ring (bicyclic) bond motifs is 1. The molecule has 0 spiro atoms. The highest BCUT2D eigenvalue weighted by molar-refractivity contribution is 5.84. The predicted molar refractivity (Wildman–Crippen MR) is 117 cm³/mol. The molecule has 5 rings (SSSR count). The minimum Gasteiger partial charge on any atom is -0.484 e. The number of para-hydroxylation sites is 2. The molecular weight excluding hydrogens is 390 g/mol. The van der Waals surface area contributed by atoms with Gasteiger partial charge in [0, 0.05) is 5.39 Å². The molecule has 5 aromatic rings. The van der Waals surface area contributed by atoms with Gasteiger partial charge < -0.3 is 13.9 Å². The van der Waals surface area contributed by atoms with E-state index in [-0.39, 0.29) is 6.61 Å². The molecule has 3 aromatic carbocycles. The SMILES string of the molecule is Cc1ccc(Oc2nc3ccccc3cc2-c2nnc(COc3ccccc3)o2)cc1. The van der Waals surface area contributed by atoms with Crippen LogP contribution in [0.4, 0.5) is 0 Å². The minimum atomic E-state index is 0.173. The van der Waals surface area contributed by atoms with E-state index >= 15 is 0 Å². The molecule has 0 bridgehead atoms. The van der Waals surface area contributed by atoms with E-state index in [1.807, 2.05) is 91.9 Å². The number of ether oxygens (including phenoxy) is 2. The molecule has 0 N–H and O–H groups in total. The van der Waals surface area contributed by atoms with Gasteiger partial charge in [-0.25, -0.2) is 4.98 Å². The summed E-state index contributed by atoms with van der Waals surface area (Å²) >= 11 is 0. The molecule has 2 heterocycles. The van der Waals surface area contributed by atoms with Crippen molar-refractivity contribution in [3.05, 3.63) is 96.4 Å². The van der Waals surface area contributed by atoms with Crippen LogP contribution in [0.2, 0.25) is 0 Å². The molecule has 0 atom stereocenters. The Morgan fingerprint density at radius 3 is 2.42 bits per heavy atom. The predicted octanol–water partition coefficient (Wildman–Crippen LogP) is 5.96. The van der Waals surface area contributed by atoms with Crippen molar-refractivity contribution in [2.75, 3.05) is 0 Å². The van der Waals surface area contributed by atoms with Crippen LogP contribution in [0.15, 0.2) is 89.3 Å². The monoisotopic (exact) mass is 409 g/mol. The molecule has 31 heavy (non-hydrogen) atoms. The molecule has 0 fully saturated rings. The van der Waals surface area contributed by atoms with Crippen LogP contribution in [0.5, 0.6) is 17.4 Å². The summed E-state index contributed by atoms with van der Waals surface area (Å²) in [5.74, 6) is 2.52. The van der Waals surface area contributed by atoms with Crippen molar-refractivity contribution in [2.24, 2.45) is 0 Å². The maximum absolute atomic E-state index is 6.10. The van der Waals surface area contributed by atoms with Gasteiger partial charge in [-0.15, -0.1) is 10.2 Å². The molecule has 0 amide bonds. The molecular formula is C25H19N3O3. The number of hydrogen-bond donors (Lipinski definition) is 0. The van der Waals surface area contributed by atoms with E-state index in [4.69, 9.17) is 18.9 Å². The topological polar surface area (TPSA) is 70.3 Å². The number of nitrogens with zero attached hydrogens (tertiary/aromatic N) is 3. The molecule has 0 aliphatic carbocycles. The number of rotatable bonds is 6. The first-order chi connectivity index (χ1) is 15.2. The lowest BCUT2D eigenvalue weighted by molar-refractivity contribution is 0.264. The van der Waals surface area contributed by atoms with Crippen LogP contribution in [0, 0.1) is 6.92 Å². The van der Waals surface area contributed by atoms with Crippen molar-refractivity contribution < 1.29 is 13.9 Å². The van der Waals surface area contributed by atoms with E-state index < -0.39 is 0 Å². The van der Waals surface area contributed by atoms with Crippen molar-refractivity contribution in [1.82, 2.24) is 15.2 Å². The molecule has 0 saturated carbocycles. The summed E-state index contributed by atoms with van der Waals surface area (Å²) < 4.78 is 17.7. The summed E-state index contributed by atoms with van der Waals surface area (Å²) in [5.41, 5.74) is 2.59. The third kappa shape index (κ3) is 4.23. The Bertz CT molecular complexity index is 1320. The lowest BCUT2D eigenvalue weighted by Crippen LogP contribution is -1.95. The van der Waals surface area contributed by atoms with Gasteiger partial charge in [0.25, 0.3) is 11.8 Å². The molecule has 0 aliphatic heterocycles. The zero-order valence-corrected chi connectivity index (χ0v) is 16.9. The van der Waals surface area contributed by atoms with Crippen LogP contribution in [-0.4, -0.2) is 15.2 Å². The molecule has 0 saturated heterocycles. The Labute approximate surface area is 179 Å². The van der Waals surface area contributed by atoms with Gasteiger partial charge in [0.05, 0.1) is 5.52 Å². The lowest BCUT2D eigenvalue weighted by Gasteiger charge is -2.10. The summed E-state index contributed by atoms with van der Waals surface area (Å²) in [6, 6.07) is 27.0. The molecule has 2 aromatic heterocycles. The normalized spacial score (nSPS) is 10.9. The Hall–Kier alpha value is -4.19. The van der Waals surface area contributed by atoms with Crippen molar-refractivity contribution in [1.29, 1.82) is 0 Å². The van der Waals surface area contributed by atoms with Crippen LogP contribution in [0.1, 0.15) is 11.5 Å². The zero-order valence-electron chi connectivity index (χ0n) is 16.9. The highest BCUT2D eigenvalue weighted by Gasteiger charge is 2.18. The van der Waals surface area contributed by atoms with Gasteiger partial charge in [-0.1, -0.05) is 54.1 Å². The number of hydrogen-bond acceptors (Lipinski definition) is 6. The van der Waals surface area contributed by atoms with Gasteiger partial charge in [0.15, 0.2) is 6.61 Å². The summed E-state index contributed by atoms with van der Waals surface area (Å²) in [5, 5.41) is 9.28. The third-order valence-electron chi connectivity index (χ3n) is 4.73. The second-order valence-corrected chi connectivity index (χ2v) is 7.05. The molecule has 0 aliphatic rings. The van der Waals surface area contributed by atoms with Gasteiger partial charge in [-0.3, -0.25) is 0 Å². The smallest absolute Gasteiger partial charge is 0.254 e. The summed E-state index contributed by atoms with van der Waals surface area (Å²) in [6.45, 7) is 2.20. The Morgan fingerprint density at radius 1 is 0.806 bits per heavy atom. The lowest BCUT2D eigenvalue weighted by atomic mass is 10.1. The minimum absolute atomic E-state index is 0.173. The summed E-state index contributed by atoms with van der Waals surface area (Å²) in [6.07, 6.45) is 0. The van der Waals surface area contributed by atoms with Crippen molar-refractivity contribution in [3.63, 3.8) is 0 Å². The standard InChI is InChI=1S/C25H19N3O3/c1-17-11-13-20(14-12-17)30-24-21(15-18-7-5-6-10-22(18)26-24)25-28-27-23(31-25)16-29-19-8-3-2-4-9-19/h2-15H,16H2,1H3. The fourth-order valence-electron chi connectivity index (χ4n) is 3.13. The quantitative estimate of drug-likeness (QED) is 0.344. The molecule has 152 valence electrons. The Kier molecular flexibility index (Phi) is 5.02. The number of benzene rings is 3. The highest BCUT2D eigenvalue weighted by atomic mass is 16.5. The van der Waals surface area contributed by atoms with Crippen LogP contribution >= 0.6 is 0 Å². The average molecular weight is 409 g/mol. The van der Waals surface area contributed by atoms with Crippen LogP contribution < -0.4 is 9.47 Å². The first kappa shape index (κ1) is 18.8. The summed E-state index contributed by atoms with van der Waals surface area (Å²) in [7, 11) is 0. The Morgan fingerprint density at radius 2 is 1.58 bits per heavy atom. The van der Waals surface area contributed by atoms with Crippen molar-refractivity contribution in [2.45, 2.75) is 13.5 Å². The zero-order chi connectivity index (χ0) is 21.0. The van der Waals surface area contributed by atoms with Gasteiger partial charge in [0.1, 0.15) is 17.1 Å². The van der Waals surface area contributed by atoms with Gasteiger partial charge >= 0.3 is 0 Å². The van der Waals surface area contributed by atoms with Crippen LogP contribution in [-0.2, 0) is 6.61 Å². The second-order valence-electron chi connectivity index (χ2n) is 7.05. The molecule has 6 heteroatoms. The van der Waals surface area contributed by atoms with Gasteiger partial charge in [-0.2, -0.15) is 0 Å². The highest BCUT2D eigenvalue weighted by Crippen LogP contribution is 2.34. The summed E-state index contributed by atoms with van der Waals surface area (Å²) in [4.78, 5) is 4.69. The largest absolute Gasteiger partial charge is 0.484 e. The van der Waals surface area contributed by atoms with E-state index in [1.54, 1.807) is 0 Å². The van der Waals surface area contributed by atoms with E-state index in [1.165, 1.54) is 0 Å². The molecule has 0 unspecified atom stereocenters. The van der Waals surface area contributed by atoms with Gasteiger partial charge in [-0.05, 0) is 43.3 Å². The number of aromatic nitrogens is 3. The maximum Gasteiger partial charge on any atom is 0.254 e. The van der Waals surface area contributed by atoms with Crippen molar-refractivity contribution in [3.8, 4) is 28.8 Å². The first-order valence-corrected chi connectivity index (χ1v) is 9.89. The number of aryl methyl sites for hydroxylation is 1. The fraction of sp³-hybridized carbons (Fsp3) is 0.0800.